The van der Waals surface area contributed by atoms with Crippen molar-refractivity contribution >= 4 is 5.57 Å². The highest BCUT2D eigenvalue weighted by atomic mass is 16.5. The Morgan fingerprint density at radius 1 is 1.00 bits per heavy atom. The molecule has 0 aliphatic heterocycles. The molecule has 0 fully saturated rings. The van der Waals surface area contributed by atoms with Gasteiger partial charge in [0.1, 0.15) is 0 Å². The molecule has 18 heavy (non-hydrogen) atoms. The summed E-state index contributed by atoms with van der Waals surface area (Å²) in [6.45, 7) is 5.33. The van der Waals surface area contributed by atoms with Gasteiger partial charge in [0.05, 0.1) is 13.2 Å². The van der Waals surface area contributed by atoms with E-state index in [9.17, 15) is 0 Å². The summed E-state index contributed by atoms with van der Waals surface area (Å²) in [5, 5.41) is 0. The minimum Gasteiger partial charge on any atom is -0.490 e. The number of ether oxygens (including phenoxy) is 2. The van der Waals surface area contributed by atoms with Gasteiger partial charge in [-0.05, 0) is 62.8 Å². The maximum Gasteiger partial charge on any atom is 0.161 e. The van der Waals surface area contributed by atoms with Crippen LogP contribution in [-0.2, 0) is 0 Å². The van der Waals surface area contributed by atoms with Crippen LogP contribution in [0, 0.1) is 0 Å². The molecule has 2 nitrogen and oxygen atoms in total. The zero-order valence-electron chi connectivity index (χ0n) is 11.4. The lowest BCUT2D eigenvalue weighted by atomic mass is 9.93. The Kier molecular flexibility index (Phi) is 4.68. The van der Waals surface area contributed by atoms with Gasteiger partial charge in [-0.25, -0.2) is 0 Å². The highest BCUT2D eigenvalue weighted by Gasteiger charge is 2.10. The molecule has 0 aromatic heterocycles. The Labute approximate surface area is 110 Å². The molecule has 0 N–H and O–H groups in total. The van der Waals surface area contributed by atoms with E-state index in [-0.39, 0.29) is 0 Å². The number of rotatable bonds is 5. The van der Waals surface area contributed by atoms with Crippen LogP contribution in [0.1, 0.15) is 45.1 Å². The van der Waals surface area contributed by atoms with Crippen LogP contribution in [-0.4, -0.2) is 13.2 Å². The van der Waals surface area contributed by atoms with Crippen LogP contribution in [0.5, 0.6) is 11.5 Å². The van der Waals surface area contributed by atoms with Gasteiger partial charge >= 0.3 is 0 Å². The molecule has 2 heteroatoms. The fourth-order valence-electron chi connectivity index (χ4n) is 2.35. The summed E-state index contributed by atoms with van der Waals surface area (Å²) in [5.41, 5.74) is 2.73. The SMILES string of the molecule is CCOc1ccc(C2=CCCCC2)cc1OCC. The molecular weight excluding hydrogens is 224 g/mol. The van der Waals surface area contributed by atoms with Crippen LogP contribution >= 0.6 is 0 Å². The second-order valence-electron chi connectivity index (χ2n) is 4.50. The summed E-state index contributed by atoms with van der Waals surface area (Å²) >= 11 is 0. The first-order valence-electron chi connectivity index (χ1n) is 6.94. The quantitative estimate of drug-likeness (QED) is 0.764. The Bertz CT molecular complexity index is 421. The first-order chi connectivity index (χ1) is 8.85. The smallest absolute Gasteiger partial charge is 0.161 e. The normalized spacial score (nSPS) is 15.1. The van der Waals surface area contributed by atoms with E-state index in [1.165, 1.54) is 36.8 Å². The van der Waals surface area contributed by atoms with Crippen molar-refractivity contribution < 1.29 is 9.47 Å². The Balaban J connectivity index is 2.26. The van der Waals surface area contributed by atoms with E-state index in [4.69, 9.17) is 9.47 Å². The monoisotopic (exact) mass is 246 g/mol. The lowest BCUT2D eigenvalue weighted by Crippen LogP contribution is -2.00. The molecule has 1 aliphatic carbocycles. The average molecular weight is 246 g/mol. The van der Waals surface area contributed by atoms with Gasteiger partial charge in [0, 0.05) is 0 Å². The van der Waals surface area contributed by atoms with Crippen molar-refractivity contribution in [3.05, 3.63) is 29.8 Å². The molecule has 0 saturated heterocycles. The zero-order chi connectivity index (χ0) is 12.8. The van der Waals surface area contributed by atoms with Crippen LogP contribution in [0.25, 0.3) is 5.57 Å². The van der Waals surface area contributed by atoms with Crippen molar-refractivity contribution in [2.24, 2.45) is 0 Å². The van der Waals surface area contributed by atoms with E-state index in [2.05, 4.69) is 18.2 Å². The summed E-state index contributed by atoms with van der Waals surface area (Å²) in [6.07, 6.45) is 7.35. The fraction of sp³-hybridized carbons (Fsp3) is 0.500. The molecule has 1 aromatic carbocycles. The summed E-state index contributed by atoms with van der Waals surface area (Å²) < 4.78 is 11.3. The largest absolute Gasteiger partial charge is 0.490 e. The van der Waals surface area contributed by atoms with E-state index in [0.29, 0.717) is 13.2 Å². The Hall–Kier alpha value is -1.44. The summed E-state index contributed by atoms with van der Waals surface area (Å²) in [7, 11) is 0. The molecule has 0 unspecified atom stereocenters. The van der Waals surface area contributed by atoms with Gasteiger partial charge in [0.25, 0.3) is 0 Å². The Morgan fingerprint density at radius 3 is 2.44 bits per heavy atom. The molecule has 0 radical (unpaired) electrons. The van der Waals surface area contributed by atoms with Gasteiger partial charge in [0.15, 0.2) is 11.5 Å². The topological polar surface area (TPSA) is 18.5 Å². The van der Waals surface area contributed by atoms with Gasteiger partial charge in [0.2, 0.25) is 0 Å². The van der Waals surface area contributed by atoms with E-state index in [1.807, 2.05) is 19.9 Å². The van der Waals surface area contributed by atoms with Crippen molar-refractivity contribution in [3.63, 3.8) is 0 Å². The van der Waals surface area contributed by atoms with Gasteiger partial charge in [-0.1, -0.05) is 12.1 Å². The Morgan fingerprint density at radius 2 is 1.78 bits per heavy atom. The lowest BCUT2D eigenvalue weighted by molar-refractivity contribution is 0.287. The molecule has 0 heterocycles. The summed E-state index contributed by atoms with van der Waals surface area (Å²) in [5.74, 6) is 1.71. The minimum atomic E-state index is 0.669. The lowest BCUT2D eigenvalue weighted by Gasteiger charge is -2.16. The number of benzene rings is 1. The van der Waals surface area contributed by atoms with E-state index in [0.717, 1.165) is 11.5 Å². The number of hydrogen-bond acceptors (Lipinski definition) is 2. The van der Waals surface area contributed by atoms with E-state index < -0.39 is 0 Å². The number of hydrogen-bond donors (Lipinski definition) is 0. The molecule has 1 aliphatic rings. The fourth-order valence-corrected chi connectivity index (χ4v) is 2.35. The molecular formula is C16H22O2. The van der Waals surface area contributed by atoms with Gasteiger partial charge < -0.3 is 9.47 Å². The second kappa shape index (κ2) is 6.48. The van der Waals surface area contributed by atoms with Gasteiger partial charge in [-0.15, -0.1) is 0 Å². The third-order valence-electron chi connectivity index (χ3n) is 3.21. The van der Waals surface area contributed by atoms with Crippen molar-refractivity contribution in [2.45, 2.75) is 39.5 Å². The molecule has 1 aromatic rings. The predicted molar refractivity (Wildman–Crippen MR) is 75.2 cm³/mol. The van der Waals surface area contributed by atoms with Crippen molar-refractivity contribution in [3.8, 4) is 11.5 Å². The highest BCUT2D eigenvalue weighted by molar-refractivity contribution is 5.68. The summed E-state index contributed by atoms with van der Waals surface area (Å²) in [6, 6.07) is 6.29. The van der Waals surface area contributed by atoms with Crippen LogP contribution < -0.4 is 9.47 Å². The van der Waals surface area contributed by atoms with Crippen LogP contribution in [0.2, 0.25) is 0 Å². The molecule has 0 saturated carbocycles. The molecule has 0 spiro atoms. The third kappa shape index (κ3) is 3.06. The number of allylic oxidation sites excluding steroid dienone is 2. The molecule has 98 valence electrons. The summed E-state index contributed by atoms with van der Waals surface area (Å²) in [4.78, 5) is 0. The standard InChI is InChI=1S/C16H22O2/c1-3-17-15-11-10-14(12-16(15)18-4-2)13-8-6-5-7-9-13/h8,10-12H,3-7,9H2,1-2H3. The highest BCUT2D eigenvalue weighted by Crippen LogP contribution is 2.34. The van der Waals surface area contributed by atoms with E-state index >= 15 is 0 Å². The predicted octanol–water partition coefficient (Wildman–Crippen LogP) is 4.44. The maximum absolute atomic E-state index is 5.67. The minimum absolute atomic E-state index is 0.669. The van der Waals surface area contributed by atoms with Crippen LogP contribution in [0.15, 0.2) is 24.3 Å². The van der Waals surface area contributed by atoms with Gasteiger partial charge in [-0.2, -0.15) is 0 Å². The molecule has 0 bridgehead atoms. The van der Waals surface area contributed by atoms with Crippen LogP contribution in [0.3, 0.4) is 0 Å². The second-order valence-corrected chi connectivity index (χ2v) is 4.50. The first kappa shape index (κ1) is 13.0. The third-order valence-corrected chi connectivity index (χ3v) is 3.21. The zero-order valence-corrected chi connectivity index (χ0v) is 11.4. The van der Waals surface area contributed by atoms with Crippen molar-refractivity contribution in [1.82, 2.24) is 0 Å². The molecule has 0 atom stereocenters. The average Bonchev–Trinajstić information content (AvgIpc) is 2.42. The van der Waals surface area contributed by atoms with Crippen molar-refractivity contribution in [1.29, 1.82) is 0 Å². The maximum atomic E-state index is 5.67. The molecule has 0 amide bonds. The molecule has 2 rings (SSSR count). The van der Waals surface area contributed by atoms with E-state index in [1.54, 1.807) is 0 Å². The van der Waals surface area contributed by atoms with Crippen LogP contribution in [0.4, 0.5) is 0 Å². The first-order valence-corrected chi connectivity index (χ1v) is 6.94. The van der Waals surface area contributed by atoms with Gasteiger partial charge in [-0.3, -0.25) is 0 Å². The van der Waals surface area contributed by atoms with Crippen molar-refractivity contribution in [2.75, 3.05) is 13.2 Å².